The second kappa shape index (κ2) is 9.14. The molecule has 1 aromatic carbocycles. The van der Waals surface area contributed by atoms with Gasteiger partial charge in [0.2, 0.25) is 0 Å². The van der Waals surface area contributed by atoms with Gasteiger partial charge >= 0.3 is 6.09 Å². The molecule has 1 saturated carbocycles. The molecule has 1 heterocycles. The normalized spacial score (nSPS) is 23.0. The smallest absolute Gasteiger partial charge is 0.410 e. The largest absolute Gasteiger partial charge is 0.484 e. The van der Waals surface area contributed by atoms with E-state index < -0.39 is 11.7 Å². The Kier molecular flexibility index (Phi) is 6.60. The first kappa shape index (κ1) is 20.9. The van der Waals surface area contributed by atoms with Gasteiger partial charge in [-0.2, -0.15) is 5.26 Å². The second-order valence-corrected chi connectivity index (χ2v) is 7.60. The minimum absolute atomic E-state index is 0.0277. The van der Waals surface area contributed by atoms with E-state index in [2.05, 4.69) is 18.0 Å². The van der Waals surface area contributed by atoms with Gasteiger partial charge in [0.25, 0.3) is 5.91 Å². The summed E-state index contributed by atoms with van der Waals surface area (Å²) in [5.74, 6) is -0.576. The van der Waals surface area contributed by atoms with Gasteiger partial charge in [0.15, 0.2) is 6.61 Å². The van der Waals surface area contributed by atoms with Gasteiger partial charge in [-0.25, -0.2) is 9.18 Å². The molecule has 1 aliphatic heterocycles. The first-order chi connectivity index (χ1) is 13.9. The van der Waals surface area contributed by atoms with E-state index in [0.29, 0.717) is 25.2 Å². The Morgan fingerprint density at radius 1 is 1.48 bits per heavy atom. The lowest BCUT2D eigenvalue weighted by molar-refractivity contribution is -0.122. The van der Waals surface area contributed by atoms with Crippen molar-refractivity contribution in [3.63, 3.8) is 0 Å². The van der Waals surface area contributed by atoms with Crippen molar-refractivity contribution in [2.24, 2.45) is 11.8 Å². The third kappa shape index (κ3) is 5.39. The fourth-order valence-electron chi connectivity index (χ4n) is 3.31. The Morgan fingerprint density at radius 3 is 2.93 bits per heavy atom. The quantitative estimate of drug-likeness (QED) is 0.695. The van der Waals surface area contributed by atoms with Gasteiger partial charge in [0.05, 0.1) is 17.6 Å². The Hall–Kier alpha value is -2.79. The highest BCUT2D eigenvalue weighted by Crippen LogP contribution is 2.38. The number of carbonyl (C=O) groups excluding carboxylic acids is 2. The van der Waals surface area contributed by atoms with Crippen LogP contribution in [0.3, 0.4) is 0 Å². The lowest BCUT2D eigenvalue weighted by atomic mass is 9.73. The van der Waals surface area contributed by atoms with Gasteiger partial charge in [0, 0.05) is 36.6 Å². The molecule has 1 atom stereocenters. The minimum Gasteiger partial charge on any atom is -0.484 e. The van der Waals surface area contributed by atoms with Gasteiger partial charge in [-0.05, 0) is 25.0 Å². The standard InChI is InChI=1S/C20H21ClFN3O4/c1-12(24-19(26)11-28-15-2-3-16(21)17(22)8-15)4-5-25-10-18(29-20(25)27)14-6-13(7-14)9-23/h2-3,8,13-14,18H,1,4-7,10-11H2,(H,24,26)/t13?,14?,18-/m0/s1. The van der Waals surface area contributed by atoms with Crippen LogP contribution >= 0.6 is 11.6 Å². The number of nitrogens with zero attached hydrogens (tertiary/aromatic N) is 2. The van der Waals surface area contributed by atoms with Gasteiger partial charge in [-0.1, -0.05) is 18.2 Å². The van der Waals surface area contributed by atoms with Crippen molar-refractivity contribution in [2.45, 2.75) is 25.4 Å². The summed E-state index contributed by atoms with van der Waals surface area (Å²) >= 11 is 5.59. The molecule has 0 bridgehead atoms. The fraction of sp³-hybridized carbons (Fsp3) is 0.450. The summed E-state index contributed by atoms with van der Waals surface area (Å²) in [4.78, 5) is 25.5. The molecule has 2 aliphatic rings. The highest BCUT2D eigenvalue weighted by molar-refractivity contribution is 6.30. The van der Waals surface area contributed by atoms with E-state index in [1.807, 2.05) is 0 Å². The van der Waals surface area contributed by atoms with E-state index in [-0.39, 0.29) is 41.4 Å². The molecular formula is C20H21ClFN3O4. The maximum atomic E-state index is 13.4. The first-order valence-electron chi connectivity index (χ1n) is 9.26. The molecule has 1 aromatic rings. The number of rotatable bonds is 8. The number of cyclic esters (lactones) is 1. The van der Waals surface area contributed by atoms with Crippen LogP contribution in [0.2, 0.25) is 5.02 Å². The highest BCUT2D eigenvalue weighted by Gasteiger charge is 2.42. The first-order valence-corrected chi connectivity index (χ1v) is 9.64. The third-order valence-corrected chi connectivity index (χ3v) is 5.36. The molecule has 0 unspecified atom stereocenters. The van der Waals surface area contributed by atoms with Gasteiger partial charge < -0.3 is 19.7 Å². The average Bonchev–Trinajstić information content (AvgIpc) is 3.00. The lowest BCUT2D eigenvalue weighted by Crippen LogP contribution is -2.36. The molecule has 29 heavy (non-hydrogen) atoms. The minimum atomic E-state index is -0.630. The van der Waals surface area contributed by atoms with Crippen molar-refractivity contribution in [1.82, 2.24) is 10.2 Å². The topological polar surface area (TPSA) is 91.7 Å². The average molecular weight is 422 g/mol. The van der Waals surface area contributed by atoms with E-state index in [1.165, 1.54) is 12.1 Å². The van der Waals surface area contributed by atoms with Crippen molar-refractivity contribution in [1.29, 1.82) is 5.26 Å². The van der Waals surface area contributed by atoms with Crippen LogP contribution in [0.15, 0.2) is 30.5 Å². The molecule has 9 heteroatoms. The van der Waals surface area contributed by atoms with E-state index >= 15 is 0 Å². The zero-order chi connectivity index (χ0) is 21.0. The lowest BCUT2D eigenvalue weighted by Gasteiger charge is -2.33. The van der Waals surface area contributed by atoms with Gasteiger partial charge in [-0.3, -0.25) is 4.79 Å². The Morgan fingerprint density at radius 2 is 2.24 bits per heavy atom. The summed E-state index contributed by atoms with van der Waals surface area (Å²) in [7, 11) is 0. The number of carbonyl (C=O) groups is 2. The molecule has 1 aliphatic carbocycles. The van der Waals surface area contributed by atoms with Crippen molar-refractivity contribution in [2.75, 3.05) is 19.7 Å². The predicted octanol–water partition coefficient (Wildman–Crippen LogP) is 3.25. The van der Waals surface area contributed by atoms with Crippen LogP contribution in [0, 0.1) is 29.0 Å². The van der Waals surface area contributed by atoms with Crippen molar-refractivity contribution >= 4 is 23.6 Å². The number of benzene rings is 1. The van der Waals surface area contributed by atoms with Gasteiger partial charge in [-0.15, -0.1) is 0 Å². The Bertz CT molecular complexity index is 851. The van der Waals surface area contributed by atoms with Crippen molar-refractivity contribution in [3.8, 4) is 11.8 Å². The van der Waals surface area contributed by atoms with Gasteiger partial charge in [0.1, 0.15) is 17.7 Å². The summed E-state index contributed by atoms with van der Waals surface area (Å²) in [6.45, 7) is 4.32. The molecule has 1 N–H and O–H groups in total. The Labute approximate surface area is 173 Å². The van der Waals surface area contributed by atoms with E-state index in [0.717, 1.165) is 18.9 Å². The van der Waals surface area contributed by atoms with Crippen LogP contribution in [0.5, 0.6) is 5.75 Å². The van der Waals surface area contributed by atoms with E-state index in [4.69, 9.17) is 26.3 Å². The molecule has 154 valence electrons. The van der Waals surface area contributed by atoms with Crippen molar-refractivity contribution in [3.05, 3.63) is 41.3 Å². The van der Waals surface area contributed by atoms with Crippen LogP contribution < -0.4 is 10.1 Å². The van der Waals surface area contributed by atoms with Crippen LogP contribution in [0.25, 0.3) is 0 Å². The SMILES string of the molecule is C=C(CCN1C[C@@H](C2CC(C#N)C2)OC1=O)NC(=O)COc1ccc(Cl)c(F)c1. The second-order valence-electron chi connectivity index (χ2n) is 7.19. The number of hydrogen-bond donors (Lipinski definition) is 1. The molecule has 0 radical (unpaired) electrons. The maximum Gasteiger partial charge on any atom is 0.410 e. The molecule has 7 nitrogen and oxygen atoms in total. The number of halogens is 2. The summed E-state index contributed by atoms with van der Waals surface area (Å²) in [5, 5.41) is 11.4. The number of nitrogens with one attached hydrogen (secondary N) is 1. The molecule has 0 aromatic heterocycles. The Balaban J connectivity index is 1.36. The van der Waals surface area contributed by atoms with E-state index in [1.54, 1.807) is 4.90 Å². The van der Waals surface area contributed by atoms with Crippen molar-refractivity contribution < 1.29 is 23.5 Å². The molecule has 1 saturated heterocycles. The maximum absolute atomic E-state index is 13.4. The zero-order valence-corrected chi connectivity index (χ0v) is 16.5. The third-order valence-electron chi connectivity index (χ3n) is 5.05. The molecule has 0 spiro atoms. The fourth-order valence-corrected chi connectivity index (χ4v) is 3.43. The number of hydrogen-bond acceptors (Lipinski definition) is 5. The summed E-state index contributed by atoms with van der Waals surface area (Å²) in [5.41, 5.74) is 0.435. The predicted molar refractivity (Wildman–Crippen MR) is 102 cm³/mol. The number of ether oxygens (including phenoxy) is 2. The molecule has 3 rings (SSSR count). The molecule has 2 amide bonds. The molecule has 2 fully saturated rings. The number of nitriles is 1. The van der Waals surface area contributed by atoms with E-state index in [9.17, 15) is 14.0 Å². The summed E-state index contributed by atoms with van der Waals surface area (Å²) in [6, 6.07) is 6.12. The summed E-state index contributed by atoms with van der Waals surface area (Å²) < 4.78 is 24.0. The molecular weight excluding hydrogens is 401 g/mol. The highest BCUT2D eigenvalue weighted by atomic mass is 35.5. The monoisotopic (exact) mass is 421 g/mol. The number of amides is 2. The van der Waals surface area contributed by atoms with Crippen LogP contribution in [-0.4, -0.2) is 42.7 Å². The van der Waals surface area contributed by atoms with Crippen LogP contribution in [0.1, 0.15) is 19.3 Å². The van der Waals surface area contributed by atoms with Crippen LogP contribution in [0.4, 0.5) is 9.18 Å². The van der Waals surface area contributed by atoms with Crippen LogP contribution in [-0.2, 0) is 9.53 Å². The summed E-state index contributed by atoms with van der Waals surface area (Å²) in [6.07, 6.45) is 1.34. The zero-order valence-electron chi connectivity index (χ0n) is 15.7.